The molecule has 0 bridgehead atoms. The van der Waals surface area contributed by atoms with Crippen molar-refractivity contribution in [3.8, 4) is 5.88 Å². The minimum Gasteiger partial charge on any atom is -0.481 e. The van der Waals surface area contributed by atoms with Crippen LogP contribution < -0.4 is 10.1 Å². The minimum atomic E-state index is -0.889. The number of nitrogens with one attached hydrogen (secondary N) is 1. The Hall–Kier alpha value is -2.63. The molecule has 0 saturated heterocycles. The fourth-order valence-corrected chi connectivity index (χ4v) is 1.77. The van der Waals surface area contributed by atoms with Crippen molar-refractivity contribution in [3.05, 3.63) is 48.3 Å². The van der Waals surface area contributed by atoms with Gasteiger partial charge < -0.3 is 15.2 Å². The van der Waals surface area contributed by atoms with Gasteiger partial charge in [0.15, 0.2) is 0 Å². The highest BCUT2D eigenvalue weighted by molar-refractivity contribution is 5.76. The van der Waals surface area contributed by atoms with Crippen LogP contribution in [0.25, 0.3) is 0 Å². The van der Waals surface area contributed by atoms with Crippen LogP contribution in [0.4, 0.5) is 5.82 Å². The lowest BCUT2D eigenvalue weighted by atomic mass is 9.99. The van der Waals surface area contributed by atoms with Crippen molar-refractivity contribution in [3.63, 3.8) is 0 Å². The maximum atomic E-state index is 11.3. The van der Waals surface area contributed by atoms with Crippen LogP contribution in [-0.4, -0.2) is 34.7 Å². The number of hydrogen-bond donors (Lipinski definition) is 2. The Balaban J connectivity index is 2.08. The molecule has 2 aromatic rings. The van der Waals surface area contributed by atoms with E-state index >= 15 is 0 Å². The number of anilines is 1. The van der Waals surface area contributed by atoms with E-state index in [0.29, 0.717) is 11.7 Å². The standard InChI is InChI=1S/C14H15N3O3/c1-20-13-9-15-8-12(17-13)16-7-11(14(18)19)10-5-3-2-4-6-10/h2-6,8-9,11H,7H2,1H3,(H,16,17)(H,18,19). The van der Waals surface area contributed by atoms with Gasteiger partial charge in [-0.3, -0.25) is 9.78 Å². The van der Waals surface area contributed by atoms with Crippen molar-refractivity contribution in [1.29, 1.82) is 0 Å². The molecule has 0 aliphatic heterocycles. The van der Waals surface area contributed by atoms with Crippen molar-refractivity contribution in [2.45, 2.75) is 5.92 Å². The van der Waals surface area contributed by atoms with Gasteiger partial charge >= 0.3 is 5.97 Å². The highest BCUT2D eigenvalue weighted by Crippen LogP contribution is 2.17. The zero-order chi connectivity index (χ0) is 14.4. The van der Waals surface area contributed by atoms with Gasteiger partial charge in [0, 0.05) is 6.54 Å². The molecule has 6 heteroatoms. The molecular formula is C14H15N3O3. The summed E-state index contributed by atoms with van der Waals surface area (Å²) in [5, 5.41) is 12.3. The number of rotatable bonds is 6. The fourth-order valence-electron chi connectivity index (χ4n) is 1.77. The third-order valence-corrected chi connectivity index (χ3v) is 2.81. The second kappa shape index (κ2) is 6.51. The van der Waals surface area contributed by atoms with E-state index in [9.17, 15) is 9.90 Å². The van der Waals surface area contributed by atoms with Crippen LogP contribution >= 0.6 is 0 Å². The second-order valence-electron chi connectivity index (χ2n) is 4.13. The maximum Gasteiger partial charge on any atom is 0.312 e. The number of ether oxygens (including phenoxy) is 1. The van der Waals surface area contributed by atoms with Crippen molar-refractivity contribution in [1.82, 2.24) is 9.97 Å². The molecule has 1 unspecified atom stereocenters. The Bertz CT molecular complexity index is 575. The molecule has 0 aliphatic carbocycles. The topological polar surface area (TPSA) is 84.3 Å². The molecule has 1 heterocycles. The van der Waals surface area contributed by atoms with E-state index in [4.69, 9.17) is 4.74 Å². The molecule has 104 valence electrons. The summed E-state index contributed by atoms with van der Waals surface area (Å²) < 4.78 is 4.96. The average Bonchev–Trinajstić information content (AvgIpc) is 2.48. The normalized spacial score (nSPS) is 11.7. The Labute approximate surface area is 116 Å². The minimum absolute atomic E-state index is 0.223. The molecule has 1 aromatic heterocycles. The molecule has 1 aromatic carbocycles. The lowest BCUT2D eigenvalue weighted by Crippen LogP contribution is -2.21. The lowest BCUT2D eigenvalue weighted by molar-refractivity contribution is -0.138. The molecule has 0 saturated carbocycles. The van der Waals surface area contributed by atoms with Crippen molar-refractivity contribution >= 4 is 11.8 Å². The SMILES string of the molecule is COc1cncc(NCC(C(=O)O)c2ccccc2)n1. The molecule has 2 N–H and O–H groups in total. The summed E-state index contributed by atoms with van der Waals surface area (Å²) in [5.74, 6) is -0.683. The van der Waals surface area contributed by atoms with Gasteiger partial charge in [-0.2, -0.15) is 4.98 Å². The van der Waals surface area contributed by atoms with E-state index in [1.807, 2.05) is 18.2 Å². The van der Waals surface area contributed by atoms with Gasteiger partial charge in [-0.1, -0.05) is 30.3 Å². The third kappa shape index (κ3) is 3.44. The molecule has 0 fully saturated rings. The summed E-state index contributed by atoms with van der Waals surface area (Å²) in [7, 11) is 1.50. The van der Waals surface area contributed by atoms with Gasteiger partial charge in [0.1, 0.15) is 5.82 Å². The smallest absolute Gasteiger partial charge is 0.312 e. The first-order chi connectivity index (χ1) is 9.70. The summed E-state index contributed by atoms with van der Waals surface area (Å²) in [5.41, 5.74) is 0.739. The predicted molar refractivity (Wildman–Crippen MR) is 73.9 cm³/mol. The molecule has 6 nitrogen and oxygen atoms in total. The van der Waals surface area contributed by atoms with Crippen LogP contribution in [0.5, 0.6) is 5.88 Å². The Kier molecular flexibility index (Phi) is 4.49. The zero-order valence-corrected chi connectivity index (χ0v) is 11.0. The molecule has 2 rings (SSSR count). The molecule has 0 amide bonds. The van der Waals surface area contributed by atoms with Crippen molar-refractivity contribution < 1.29 is 14.6 Å². The maximum absolute atomic E-state index is 11.3. The molecule has 0 aliphatic rings. The van der Waals surface area contributed by atoms with Gasteiger partial charge in [0.2, 0.25) is 5.88 Å². The van der Waals surface area contributed by atoms with Crippen LogP contribution in [0.15, 0.2) is 42.7 Å². The Morgan fingerprint density at radius 1 is 1.35 bits per heavy atom. The first-order valence-electron chi connectivity index (χ1n) is 6.08. The summed E-state index contributed by atoms with van der Waals surface area (Å²) in [6.45, 7) is 0.223. The summed E-state index contributed by atoms with van der Waals surface area (Å²) in [6.07, 6.45) is 3.00. The lowest BCUT2D eigenvalue weighted by Gasteiger charge is -2.14. The summed E-state index contributed by atoms with van der Waals surface area (Å²) in [4.78, 5) is 19.4. The van der Waals surface area contributed by atoms with Crippen LogP contribution in [-0.2, 0) is 4.79 Å². The van der Waals surface area contributed by atoms with E-state index in [0.717, 1.165) is 5.56 Å². The van der Waals surface area contributed by atoms with Gasteiger partial charge in [-0.25, -0.2) is 0 Å². The number of methoxy groups -OCH3 is 1. The van der Waals surface area contributed by atoms with Gasteiger partial charge in [-0.15, -0.1) is 0 Å². The molecule has 1 atom stereocenters. The van der Waals surface area contributed by atoms with E-state index in [1.165, 1.54) is 19.5 Å². The van der Waals surface area contributed by atoms with E-state index in [2.05, 4.69) is 15.3 Å². The molecule has 0 spiro atoms. The van der Waals surface area contributed by atoms with Gasteiger partial charge in [-0.05, 0) is 5.56 Å². The monoisotopic (exact) mass is 273 g/mol. The number of carboxylic acids is 1. The third-order valence-electron chi connectivity index (χ3n) is 2.81. The van der Waals surface area contributed by atoms with Crippen molar-refractivity contribution in [2.75, 3.05) is 19.0 Å². The first kappa shape index (κ1) is 13.8. The number of carboxylic acid groups (broad SMARTS) is 1. The zero-order valence-electron chi connectivity index (χ0n) is 11.0. The quantitative estimate of drug-likeness (QED) is 0.834. The molecule has 20 heavy (non-hydrogen) atoms. The molecule has 0 radical (unpaired) electrons. The number of aromatic nitrogens is 2. The van der Waals surface area contributed by atoms with Crippen LogP contribution in [0.1, 0.15) is 11.5 Å². The van der Waals surface area contributed by atoms with E-state index < -0.39 is 11.9 Å². The Morgan fingerprint density at radius 3 is 2.75 bits per heavy atom. The summed E-state index contributed by atoms with van der Waals surface area (Å²) >= 11 is 0. The number of carbonyl (C=O) groups is 1. The van der Waals surface area contributed by atoms with Crippen molar-refractivity contribution in [2.24, 2.45) is 0 Å². The largest absolute Gasteiger partial charge is 0.481 e. The van der Waals surface area contributed by atoms with Crippen LogP contribution in [0.2, 0.25) is 0 Å². The number of hydrogen-bond acceptors (Lipinski definition) is 5. The predicted octanol–water partition coefficient (Wildman–Crippen LogP) is 1.77. The van der Waals surface area contributed by atoms with Gasteiger partial charge in [0.05, 0.1) is 25.4 Å². The first-order valence-corrected chi connectivity index (χ1v) is 6.08. The highest BCUT2D eigenvalue weighted by Gasteiger charge is 2.19. The van der Waals surface area contributed by atoms with Gasteiger partial charge in [0.25, 0.3) is 0 Å². The number of aliphatic carboxylic acids is 1. The van der Waals surface area contributed by atoms with Crippen LogP contribution in [0.3, 0.4) is 0 Å². The van der Waals surface area contributed by atoms with E-state index in [1.54, 1.807) is 12.1 Å². The fraction of sp³-hybridized carbons (Fsp3) is 0.214. The average molecular weight is 273 g/mol. The van der Waals surface area contributed by atoms with Crippen LogP contribution in [0, 0.1) is 0 Å². The Morgan fingerprint density at radius 2 is 2.10 bits per heavy atom. The second-order valence-corrected chi connectivity index (χ2v) is 4.13. The highest BCUT2D eigenvalue weighted by atomic mass is 16.5. The summed E-state index contributed by atoms with van der Waals surface area (Å²) in [6, 6.07) is 9.06. The van der Waals surface area contributed by atoms with E-state index in [-0.39, 0.29) is 6.54 Å². The number of benzene rings is 1. The number of nitrogens with zero attached hydrogens (tertiary/aromatic N) is 2. The molecular weight excluding hydrogens is 258 g/mol.